The number of hydrogen-bond acceptors (Lipinski definition) is 4. The SMILES string of the molecule is CCCCn1c(=O)c2ccccc2n(CC(=O)Nc2ccc(NC(C)=O)cc2)c1=O. The Labute approximate surface area is 173 Å². The molecule has 156 valence electrons. The van der Waals surface area contributed by atoms with Crippen LogP contribution in [0.5, 0.6) is 0 Å². The highest BCUT2D eigenvalue weighted by Gasteiger charge is 2.15. The monoisotopic (exact) mass is 408 g/mol. The zero-order chi connectivity index (χ0) is 21.7. The number of fused-ring (bicyclic) bond motifs is 1. The Hall–Kier alpha value is -3.68. The van der Waals surface area contributed by atoms with Crippen molar-refractivity contribution in [2.75, 3.05) is 10.6 Å². The van der Waals surface area contributed by atoms with Crippen LogP contribution in [-0.4, -0.2) is 20.9 Å². The van der Waals surface area contributed by atoms with Crippen LogP contribution in [0.4, 0.5) is 11.4 Å². The third-order valence-corrected chi connectivity index (χ3v) is 4.66. The van der Waals surface area contributed by atoms with E-state index >= 15 is 0 Å². The topological polar surface area (TPSA) is 102 Å². The van der Waals surface area contributed by atoms with Gasteiger partial charge in [0.05, 0.1) is 10.9 Å². The van der Waals surface area contributed by atoms with Crippen molar-refractivity contribution in [1.29, 1.82) is 0 Å². The first kappa shape index (κ1) is 21.0. The van der Waals surface area contributed by atoms with E-state index in [9.17, 15) is 19.2 Å². The third-order valence-electron chi connectivity index (χ3n) is 4.66. The Balaban J connectivity index is 1.89. The summed E-state index contributed by atoms with van der Waals surface area (Å²) in [6, 6.07) is 13.4. The van der Waals surface area contributed by atoms with Crippen molar-refractivity contribution in [2.45, 2.75) is 39.8 Å². The lowest BCUT2D eigenvalue weighted by Crippen LogP contribution is -2.41. The van der Waals surface area contributed by atoms with E-state index in [0.29, 0.717) is 35.2 Å². The van der Waals surface area contributed by atoms with Gasteiger partial charge in [-0.15, -0.1) is 0 Å². The van der Waals surface area contributed by atoms with Crippen molar-refractivity contribution in [1.82, 2.24) is 9.13 Å². The molecule has 1 aromatic heterocycles. The zero-order valence-electron chi connectivity index (χ0n) is 17.0. The lowest BCUT2D eigenvalue weighted by Gasteiger charge is -2.14. The summed E-state index contributed by atoms with van der Waals surface area (Å²) in [5.41, 5.74) is 0.741. The number of anilines is 2. The van der Waals surface area contributed by atoms with Crippen molar-refractivity contribution in [3.05, 3.63) is 69.4 Å². The molecule has 8 nitrogen and oxygen atoms in total. The van der Waals surface area contributed by atoms with Gasteiger partial charge in [0.2, 0.25) is 11.8 Å². The van der Waals surface area contributed by atoms with E-state index in [4.69, 9.17) is 0 Å². The van der Waals surface area contributed by atoms with Gasteiger partial charge in [0.15, 0.2) is 0 Å². The highest BCUT2D eigenvalue weighted by molar-refractivity contribution is 5.92. The first-order valence-electron chi connectivity index (χ1n) is 9.80. The highest BCUT2D eigenvalue weighted by atomic mass is 16.2. The van der Waals surface area contributed by atoms with E-state index in [1.165, 1.54) is 16.1 Å². The van der Waals surface area contributed by atoms with Gasteiger partial charge in [0.1, 0.15) is 6.54 Å². The fourth-order valence-electron chi connectivity index (χ4n) is 3.22. The molecule has 0 aliphatic carbocycles. The number of carbonyl (C=O) groups is 2. The molecule has 0 fully saturated rings. The van der Waals surface area contributed by atoms with Crippen LogP contribution < -0.4 is 21.9 Å². The molecule has 0 spiro atoms. The van der Waals surface area contributed by atoms with Crippen LogP contribution >= 0.6 is 0 Å². The maximum Gasteiger partial charge on any atom is 0.331 e. The molecule has 0 bridgehead atoms. The van der Waals surface area contributed by atoms with E-state index < -0.39 is 11.6 Å². The average molecular weight is 408 g/mol. The standard InChI is InChI=1S/C22H24N4O4/c1-3-4-13-25-21(29)18-7-5-6-8-19(18)26(22(25)30)14-20(28)24-17-11-9-16(10-12-17)23-15(2)27/h5-12H,3-4,13-14H2,1-2H3,(H,23,27)(H,24,28). The number of para-hydroxylation sites is 1. The molecule has 0 unspecified atom stereocenters. The minimum Gasteiger partial charge on any atom is -0.326 e. The first-order valence-corrected chi connectivity index (χ1v) is 9.80. The second-order valence-electron chi connectivity index (χ2n) is 7.00. The van der Waals surface area contributed by atoms with Gasteiger partial charge in [-0.2, -0.15) is 0 Å². The minimum absolute atomic E-state index is 0.184. The molecular weight excluding hydrogens is 384 g/mol. The third kappa shape index (κ3) is 4.65. The molecule has 3 aromatic rings. The summed E-state index contributed by atoms with van der Waals surface area (Å²) in [4.78, 5) is 49.4. The van der Waals surface area contributed by atoms with Gasteiger partial charge >= 0.3 is 5.69 Å². The molecule has 0 aliphatic rings. The van der Waals surface area contributed by atoms with Gasteiger partial charge in [-0.1, -0.05) is 25.5 Å². The minimum atomic E-state index is -0.497. The molecule has 1 heterocycles. The van der Waals surface area contributed by atoms with Gasteiger partial charge in [-0.05, 0) is 42.8 Å². The predicted octanol–water partition coefficient (Wildman–Crippen LogP) is 2.56. The molecule has 2 amide bonds. The van der Waals surface area contributed by atoms with E-state index in [-0.39, 0.29) is 18.0 Å². The summed E-state index contributed by atoms with van der Waals surface area (Å²) in [6.45, 7) is 3.48. The Bertz CT molecular complexity index is 1190. The van der Waals surface area contributed by atoms with Gasteiger partial charge in [0.25, 0.3) is 5.56 Å². The Kier molecular flexibility index (Phi) is 6.46. The van der Waals surface area contributed by atoms with E-state index in [1.54, 1.807) is 48.5 Å². The lowest BCUT2D eigenvalue weighted by atomic mass is 10.2. The molecular formula is C22H24N4O4. The molecule has 30 heavy (non-hydrogen) atoms. The molecule has 0 atom stereocenters. The number of carbonyl (C=O) groups excluding carboxylic acids is 2. The maximum atomic E-state index is 13.0. The van der Waals surface area contributed by atoms with Crippen LogP contribution in [0, 0.1) is 0 Å². The molecule has 3 rings (SSSR count). The van der Waals surface area contributed by atoms with Crippen LogP contribution in [0.2, 0.25) is 0 Å². The second kappa shape index (κ2) is 9.21. The normalized spacial score (nSPS) is 10.7. The van der Waals surface area contributed by atoms with Crippen LogP contribution in [0.1, 0.15) is 26.7 Å². The number of benzene rings is 2. The van der Waals surface area contributed by atoms with Crippen LogP contribution in [0.15, 0.2) is 58.1 Å². The molecule has 2 N–H and O–H groups in total. The molecule has 0 saturated carbocycles. The number of rotatable bonds is 7. The Morgan fingerprint density at radius 3 is 2.17 bits per heavy atom. The summed E-state index contributed by atoms with van der Waals surface area (Å²) in [6.07, 6.45) is 1.54. The van der Waals surface area contributed by atoms with Crippen molar-refractivity contribution in [2.24, 2.45) is 0 Å². The van der Waals surface area contributed by atoms with E-state index in [1.807, 2.05) is 6.92 Å². The number of aromatic nitrogens is 2. The Morgan fingerprint density at radius 1 is 0.900 bits per heavy atom. The maximum absolute atomic E-state index is 13.0. The largest absolute Gasteiger partial charge is 0.331 e. The predicted molar refractivity (Wildman–Crippen MR) is 117 cm³/mol. The fourth-order valence-corrected chi connectivity index (χ4v) is 3.22. The van der Waals surface area contributed by atoms with E-state index in [2.05, 4.69) is 10.6 Å². The van der Waals surface area contributed by atoms with Crippen LogP contribution in [0.25, 0.3) is 10.9 Å². The second-order valence-corrected chi connectivity index (χ2v) is 7.00. The molecule has 0 aliphatic heterocycles. The smallest absolute Gasteiger partial charge is 0.326 e. The first-order chi connectivity index (χ1) is 14.4. The zero-order valence-corrected chi connectivity index (χ0v) is 17.0. The summed E-state index contributed by atoms with van der Waals surface area (Å²) in [5, 5.41) is 5.80. The summed E-state index contributed by atoms with van der Waals surface area (Å²) < 4.78 is 2.52. The fraction of sp³-hybridized carbons (Fsp3) is 0.273. The summed E-state index contributed by atoms with van der Waals surface area (Å²) in [7, 11) is 0. The van der Waals surface area contributed by atoms with Gasteiger partial charge < -0.3 is 10.6 Å². The Morgan fingerprint density at radius 2 is 1.53 bits per heavy atom. The van der Waals surface area contributed by atoms with Crippen LogP contribution in [0.3, 0.4) is 0 Å². The number of hydrogen-bond donors (Lipinski definition) is 2. The quantitative estimate of drug-likeness (QED) is 0.627. The number of nitrogens with zero attached hydrogens (tertiary/aromatic N) is 2. The van der Waals surface area contributed by atoms with Crippen LogP contribution in [-0.2, 0) is 22.7 Å². The lowest BCUT2D eigenvalue weighted by molar-refractivity contribution is -0.117. The highest BCUT2D eigenvalue weighted by Crippen LogP contribution is 2.14. The van der Waals surface area contributed by atoms with Crippen molar-refractivity contribution < 1.29 is 9.59 Å². The van der Waals surface area contributed by atoms with Crippen molar-refractivity contribution in [3.8, 4) is 0 Å². The van der Waals surface area contributed by atoms with E-state index in [0.717, 1.165) is 6.42 Å². The van der Waals surface area contributed by atoms with Crippen molar-refractivity contribution in [3.63, 3.8) is 0 Å². The summed E-state index contributed by atoms with van der Waals surface area (Å²) in [5.74, 6) is -0.577. The van der Waals surface area contributed by atoms with Gasteiger partial charge in [-0.25, -0.2) is 4.79 Å². The number of amides is 2. The summed E-state index contributed by atoms with van der Waals surface area (Å²) >= 11 is 0. The van der Waals surface area contributed by atoms with Gasteiger partial charge in [0, 0.05) is 24.8 Å². The molecule has 0 saturated heterocycles. The molecule has 2 aromatic carbocycles. The van der Waals surface area contributed by atoms with Gasteiger partial charge in [-0.3, -0.25) is 23.5 Å². The number of unbranched alkanes of at least 4 members (excludes halogenated alkanes) is 1. The molecule has 8 heteroatoms. The average Bonchev–Trinajstić information content (AvgIpc) is 2.72. The van der Waals surface area contributed by atoms with Crippen molar-refractivity contribution >= 4 is 34.1 Å². The molecule has 0 radical (unpaired) electrons. The number of nitrogens with one attached hydrogen (secondary N) is 2.